The highest BCUT2D eigenvalue weighted by Crippen LogP contribution is 2.29. The van der Waals surface area contributed by atoms with Crippen LogP contribution in [0.15, 0.2) is 33.9 Å². The average molecular weight is 318 g/mol. The van der Waals surface area contributed by atoms with Gasteiger partial charge in [0.1, 0.15) is 0 Å². The highest BCUT2D eigenvalue weighted by atomic mass is 79.9. The molecule has 0 aromatic carbocycles. The summed E-state index contributed by atoms with van der Waals surface area (Å²) in [4.78, 5) is 13.3. The highest BCUT2D eigenvalue weighted by molar-refractivity contribution is 9.11. The fourth-order valence-electron chi connectivity index (χ4n) is 1.69. The molecule has 0 spiro atoms. The van der Waals surface area contributed by atoms with Crippen LogP contribution < -0.4 is 0 Å². The lowest BCUT2D eigenvalue weighted by Crippen LogP contribution is -2.22. The molecule has 1 heterocycles. The van der Waals surface area contributed by atoms with E-state index in [-0.39, 0.29) is 5.97 Å². The van der Waals surface area contributed by atoms with Crippen molar-refractivity contribution in [1.29, 1.82) is 0 Å². The summed E-state index contributed by atoms with van der Waals surface area (Å²) in [5.74, 6) is -0.787. The maximum atomic E-state index is 13.7. The standard InChI is InChI=1S/C13H17BrFNO2/c1-4-6-10(13(17)18-5-2)11-7-9(14)8-12(15)16(11)3/h7-8H,4-6H2,1-3H3/b11-10+. The third kappa shape index (κ3) is 3.45. The quantitative estimate of drug-likeness (QED) is 0.450. The van der Waals surface area contributed by atoms with Crippen LogP contribution in [0.3, 0.4) is 0 Å². The average Bonchev–Trinajstić information content (AvgIpc) is 2.31. The normalized spacial score (nSPS) is 18.2. The van der Waals surface area contributed by atoms with Gasteiger partial charge in [-0.2, -0.15) is 4.39 Å². The molecular weight excluding hydrogens is 301 g/mol. The molecule has 1 rings (SSSR count). The minimum Gasteiger partial charge on any atom is -0.463 e. The topological polar surface area (TPSA) is 29.5 Å². The fourth-order valence-corrected chi connectivity index (χ4v) is 2.09. The van der Waals surface area contributed by atoms with Gasteiger partial charge in [-0.3, -0.25) is 0 Å². The summed E-state index contributed by atoms with van der Waals surface area (Å²) < 4.78 is 19.3. The molecule has 5 heteroatoms. The number of rotatable bonds is 4. The SMILES string of the molecule is CCC/C(C(=O)OCC)=C1/C=C(Br)C=C(F)N1C. The van der Waals surface area contributed by atoms with Crippen molar-refractivity contribution in [2.45, 2.75) is 26.7 Å². The smallest absolute Gasteiger partial charge is 0.336 e. The van der Waals surface area contributed by atoms with Crippen LogP contribution in [0.1, 0.15) is 26.7 Å². The Balaban J connectivity index is 3.19. The monoisotopic (exact) mass is 317 g/mol. The third-order valence-corrected chi connectivity index (χ3v) is 3.00. The first-order valence-corrected chi connectivity index (χ1v) is 6.68. The van der Waals surface area contributed by atoms with E-state index in [9.17, 15) is 9.18 Å². The molecule has 0 aromatic rings. The lowest BCUT2D eigenvalue weighted by atomic mass is 10.1. The lowest BCUT2D eigenvalue weighted by molar-refractivity contribution is -0.138. The number of hydrogen-bond acceptors (Lipinski definition) is 3. The molecule has 1 aliphatic heterocycles. The van der Waals surface area contributed by atoms with Crippen molar-refractivity contribution >= 4 is 21.9 Å². The van der Waals surface area contributed by atoms with E-state index < -0.39 is 5.95 Å². The van der Waals surface area contributed by atoms with E-state index in [1.807, 2.05) is 6.92 Å². The molecule has 0 aromatic heterocycles. The Morgan fingerprint density at radius 1 is 1.44 bits per heavy atom. The summed E-state index contributed by atoms with van der Waals surface area (Å²) in [5, 5.41) is 0. The number of nitrogens with zero attached hydrogens (tertiary/aromatic N) is 1. The predicted molar refractivity (Wildman–Crippen MR) is 72.5 cm³/mol. The van der Waals surface area contributed by atoms with Gasteiger partial charge in [0.05, 0.1) is 17.9 Å². The summed E-state index contributed by atoms with van der Waals surface area (Å²) in [7, 11) is 1.59. The molecule has 0 saturated heterocycles. The molecule has 18 heavy (non-hydrogen) atoms. The zero-order chi connectivity index (χ0) is 13.7. The molecular formula is C13H17BrFNO2. The summed E-state index contributed by atoms with van der Waals surface area (Å²) in [5.41, 5.74) is 1.05. The van der Waals surface area contributed by atoms with E-state index in [4.69, 9.17) is 4.74 Å². The summed E-state index contributed by atoms with van der Waals surface area (Å²) in [6.07, 6.45) is 4.44. The van der Waals surface area contributed by atoms with Gasteiger partial charge in [0, 0.05) is 17.6 Å². The number of hydrogen-bond donors (Lipinski definition) is 0. The Morgan fingerprint density at radius 3 is 2.67 bits per heavy atom. The van der Waals surface area contributed by atoms with Gasteiger partial charge in [-0.1, -0.05) is 29.3 Å². The minimum absolute atomic E-state index is 0.312. The van der Waals surface area contributed by atoms with E-state index in [1.165, 1.54) is 11.0 Å². The van der Waals surface area contributed by atoms with E-state index in [0.717, 1.165) is 6.42 Å². The molecule has 0 bridgehead atoms. The Kier molecular flexibility index (Phi) is 5.59. The molecule has 0 amide bonds. The molecule has 0 N–H and O–H groups in total. The maximum absolute atomic E-state index is 13.7. The van der Waals surface area contributed by atoms with Gasteiger partial charge in [-0.25, -0.2) is 4.79 Å². The highest BCUT2D eigenvalue weighted by Gasteiger charge is 2.22. The van der Waals surface area contributed by atoms with Crippen molar-refractivity contribution in [3.05, 3.63) is 33.9 Å². The van der Waals surface area contributed by atoms with E-state index in [1.54, 1.807) is 20.0 Å². The summed E-state index contributed by atoms with van der Waals surface area (Å²) >= 11 is 3.24. The van der Waals surface area contributed by atoms with E-state index >= 15 is 0 Å². The first-order valence-electron chi connectivity index (χ1n) is 5.89. The van der Waals surface area contributed by atoms with Crippen LogP contribution in [0.4, 0.5) is 4.39 Å². The first kappa shape index (κ1) is 15.0. The largest absolute Gasteiger partial charge is 0.463 e. The first-order chi connectivity index (χ1) is 8.51. The van der Waals surface area contributed by atoms with Gasteiger partial charge < -0.3 is 9.64 Å². The van der Waals surface area contributed by atoms with Gasteiger partial charge in [0.2, 0.25) is 0 Å². The number of allylic oxidation sites excluding steroid dienone is 3. The van der Waals surface area contributed by atoms with Crippen LogP contribution in [-0.2, 0) is 9.53 Å². The van der Waals surface area contributed by atoms with Crippen LogP contribution in [0, 0.1) is 0 Å². The van der Waals surface area contributed by atoms with Gasteiger partial charge in [-0.05, 0) is 19.4 Å². The molecule has 0 aliphatic carbocycles. The number of carbonyl (C=O) groups excluding carboxylic acids is 1. The maximum Gasteiger partial charge on any atom is 0.336 e. The molecule has 3 nitrogen and oxygen atoms in total. The van der Waals surface area contributed by atoms with Crippen molar-refractivity contribution in [2.24, 2.45) is 0 Å². The number of halogens is 2. The zero-order valence-electron chi connectivity index (χ0n) is 10.8. The van der Waals surface area contributed by atoms with Crippen molar-refractivity contribution in [1.82, 2.24) is 4.90 Å². The predicted octanol–water partition coefficient (Wildman–Crippen LogP) is 3.64. The second-order valence-corrected chi connectivity index (χ2v) is 4.81. The molecule has 0 saturated carbocycles. The molecule has 0 fully saturated rings. The van der Waals surface area contributed by atoms with Crippen LogP contribution in [0.2, 0.25) is 0 Å². The van der Waals surface area contributed by atoms with Crippen molar-refractivity contribution < 1.29 is 13.9 Å². The fraction of sp³-hybridized carbons (Fsp3) is 0.462. The lowest BCUT2D eigenvalue weighted by Gasteiger charge is -2.24. The summed E-state index contributed by atoms with van der Waals surface area (Å²) in [6.45, 7) is 4.03. The molecule has 100 valence electrons. The van der Waals surface area contributed by atoms with Crippen molar-refractivity contribution in [3.8, 4) is 0 Å². The molecule has 0 radical (unpaired) electrons. The Morgan fingerprint density at radius 2 is 2.11 bits per heavy atom. The van der Waals surface area contributed by atoms with Gasteiger partial charge in [0.15, 0.2) is 5.95 Å². The van der Waals surface area contributed by atoms with E-state index in [2.05, 4.69) is 15.9 Å². The number of likely N-dealkylation sites (N-methyl/N-ethyl adjacent to an activating group) is 1. The zero-order valence-corrected chi connectivity index (χ0v) is 12.4. The minimum atomic E-state index is -0.405. The second kappa shape index (κ2) is 6.73. The van der Waals surface area contributed by atoms with Crippen LogP contribution in [0.5, 0.6) is 0 Å². The van der Waals surface area contributed by atoms with Crippen LogP contribution in [0.25, 0.3) is 0 Å². The number of esters is 1. The van der Waals surface area contributed by atoms with E-state index in [0.29, 0.717) is 28.8 Å². The van der Waals surface area contributed by atoms with Gasteiger partial charge in [0.25, 0.3) is 0 Å². The third-order valence-electron chi connectivity index (χ3n) is 2.54. The molecule has 1 aliphatic rings. The van der Waals surface area contributed by atoms with Crippen molar-refractivity contribution in [3.63, 3.8) is 0 Å². The second-order valence-electron chi connectivity index (χ2n) is 3.89. The Bertz CT molecular complexity index is 427. The van der Waals surface area contributed by atoms with Crippen LogP contribution >= 0.6 is 15.9 Å². The van der Waals surface area contributed by atoms with Gasteiger partial charge in [-0.15, -0.1) is 0 Å². The van der Waals surface area contributed by atoms with Crippen LogP contribution in [-0.4, -0.2) is 24.5 Å². The number of ether oxygens (including phenoxy) is 1. The van der Waals surface area contributed by atoms with Gasteiger partial charge >= 0.3 is 5.97 Å². The molecule has 0 atom stereocenters. The molecule has 0 unspecified atom stereocenters. The number of carbonyl (C=O) groups is 1. The Labute approximate surface area is 115 Å². The summed E-state index contributed by atoms with van der Waals surface area (Å²) in [6, 6.07) is 0. The Hall–Kier alpha value is -1.10. The van der Waals surface area contributed by atoms with Crippen molar-refractivity contribution in [2.75, 3.05) is 13.7 Å².